The smallest absolute Gasteiger partial charge is 0.274 e. The van der Waals surface area contributed by atoms with Crippen LogP contribution in [0.15, 0.2) is 18.2 Å². The largest absolute Gasteiger partial charge is 0.334 e. The zero-order chi connectivity index (χ0) is 15.8. The molecule has 1 N–H and O–H groups in total. The Kier molecular flexibility index (Phi) is 3.97. The number of nitrogens with zero attached hydrogens (tertiary/aromatic N) is 2. The lowest BCUT2D eigenvalue weighted by atomic mass is 9.96. The van der Waals surface area contributed by atoms with Crippen LogP contribution in [0.25, 0.3) is 10.6 Å². The van der Waals surface area contributed by atoms with Gasteiger partial charge in [-0.3, -0.25) is 9.89 Å². The summed E-state index contributed by atoms with van der Waals surface area (Å²) in [5, 5.41) is 7.33. The van der Waals surface area contributed by atoms with Crippen molar-refractivity contribution in [1.82, 2.24) is 15.1 Å². The molecule has 122 valence electrons. The van der Waals surface area contributed by atoms with E-state index in [2.05, 4.69) is 34.2 Å². The minimum absolute atomic E-state index is 0.107. The third-order valence-corrected chi connectivity index (χ3v) is 6.34. The average molecular weight is 329 g/mol. The molecule has 2 aromatic heterocycles. The second-order valence-corrected chi connectivity index (χ2v) is 8.12. The van der Waals surface area contributed by atoms with Gasteiger partial charge in [-0.05, 0) is 56.7 Å². The molecule has 1 saturated carbocycles. The molecule has 0 bridgehead atoms. The zero-order valence-corrected chi connectivity index (χ0v) is 14.4. The summed E-state index contributed by atoms with van der Waals surface area (Å²) in [6.07, 6.45) is 7.52. The Morgan fingerprint density at radius 1 is 1.26 bits per heavy atom. The summed E-state index contributed by atoms with van der Waals surface area (Å²) in [6.45, 7) is 2.98. The molecular weight excluding hydrogens is 306 g/mol. The lowest BCUT2D eigenvalue weighted by molar-refractivity contribution is 0.0683. The molecule has 1 saturated heterocycles. The number of hydrogen-bond donors (Lipinski definition) is 1. The van der Waals surface area contributed by atoms with Crippen LogP contribution in [-0.4, -0.2) is 33.6 Å². The molecule has 5 heteroatoms. The van der Waals surface area contributed by atoms with E-state index in [1.165, 1.54) is 30.6 Å². The summed E-state index contributed by atoms with van der Waals surface area (Å²) in [4.78, 5) is 17.4. The van der Waals surface area contributed by atoms with Crippen LogP contribution in [0.4, 0.5) is 0 Å². The van der Waals surface area contributed by atoms with E-state index < -0.39 is 0 Å². The summed E-state index contributed by atoms with van der Waals surface area (Å²) in [5.74, 6) is 0.815. The molecule has 4 rings (SSSR count). The first-order valence-electron chi connectivity index (χ1n) is 8.65. The van der Waals surface area contributed by atoms with Crippen LogP contribution in [0.5, 0.6) is 0 Å². The normalized spacial score (nSPS) is 22.1. The molecule has 4 nitrogen and oxygen atoms in total. The van der Waals surface area contributed by atoms with Gasteiger partial charge in [-0.25, -0.2) is 0 Å². The molecule has 0 unspecified atom stereocenters. The SMILES string of the molecule is Cc1ccc(-c2cc(C(=O)N3CCC[C@@H]3C3CCCC3)n[nH]2)s1. The van der Waals surface area contributed by atoms with Crippen molar-refractivity contribution in [2.45, 2.75) is 51.5 Å². The lowest BCUT2D eigenvalue weighted by Gasteiger charge is -2.28. The highest BCUT2D eigenvalue weighted by Gasteiger charge is 2.36. The maximum atomic E-state index is 12.9. The summed E-state index contributed by atoms with van der Waals surface area (Å²) in [5.41, 5.74) is 1.51. The van der Waals surface area contributed by atoms with Crippen LogP contribution in [0, 0.1) is 12.8 Å². The third kappa shape index (κ3) is 2.82. The van der Waals surface area contributed by atoms with Crippen molar-refractivity contribution in [3.8, 4) is 10.6 Å². The summed E-state index contributed by atoms with van der Waals surface area (Å²) < 4.78 is 0. The van der Waals surface area contributed by atoms with Crippen molar-refractivity contribution >= 4 is 17.2 Å². The number of aromatic nitrogens is 2. The second-order valence-electron chi connectivity index (χ2n) is 6.83. The molecule has 2 aromatic rings. The molecule has 0 spiro atoms. The Morgan fingerprint density at radius 3 is 2.83 bits per heavy atom. The number of aromatic amines is 1. The first-order valence-corrected chi connectivity index (χ1v) is 9.47. The van der Waals surface area contributed by atoms with E-state index in [1.54, 1.807) is 11.3 Å². The van der Waals surface area contributed by atoms with Gasteiger partial charge in [0.2, 0.25) is 0 Å². The van der Waals surface area contributed by atoms with E-state index in [1.807, 2.05) is 6.07 Å². The molecule has 23 heavy (non-hydrogen) atoms. The van der Waals surface area contributed by atoms with E-state index in [-0.39, 0.29) is 5.91 Å². The van der Waals surface area contributed by atoms with Gasteiger partial charge in [-0.2, -0.15) is 5.10 Å². The Morgan fingerprint density at radius 2 is 2.09 bits per heavy atom. The van der Waals surface area contributed by atoms with Gasteiger partial charge >= 0.3 is 0 Å². The van der Waals surface area contributed by atoms with Gasteiger partial charge in [0, 0.05) is 17.5 Å². The maximum absolute atomic E-state index is 12.9. The fourth-order valence-electron chi connectivity index (χ4n) is 4.16. The summed E-state index contributed by atoms with van der Waals surface area (Å²) >= 11 is 1.72. The number of H-pyrrole nitrogens is 1. The first kappa shape index (κ1) is 14.9. The Balaban J connectivity index is 1.53. The number of carbonyl (C=O) groups excluding carboxylic acids is 1. The quantitative estimate of drug-likeness (QED) is 0.915. The van der Waals surface area contributed by atoms with E-state index in [4.69, 9.17) is 0 Å². The molecule has 1 aliphatic carbocycles. The van der Waals surface area contributed by atoms with Gasteiger partial charge in [0.25, 0.3) is 5.91 Å². The highest BCUT2D eigenvalue weighted by Crippen LogP contribution is 2.36. The summed E-state index contributed by atoms with van der Waals surface area (Å²) in [7, 11) is 0. The maximum Gasteiger partial charge on any atom is 0.274 e. The predicted octanol–water partition coefficient (Wildman–Crippen LogP) is 4.24. The molecule has 1 atom stereocenters. The molecule has 3 heterocycles. The van der Waals surface area contributed by atoms with Crippen molar-refractivity contribution in [3.63, 3.8) is 0 Å². The van der Waals surface area contributed by atoms with E-state index >= 15 is 0 Å². The number of rotatable bonds is 3. The third-order valence-electron chi connectivity index (χ3n) is 5.31. The Hall–Kier alpha value is -1.62. The number of aryl methyl sites for hydroxylation is 1. The second kappa shape index (κ2) is 6.11. The van der Waals surface area contributed by atoms with Crippen molar-refractivity contribution in [1.29, 1.82) is 0 Å². The van der Waals surface area contributed by atoms with E-state index in [0.717, 1.165) is 30.0 Å². The number of thiophene rings is 1. The van der Waals surface area contributed by atoms with Crippen LogP contribution in [0.2, 0.25) is 0 Å². The van der Waals surface area contributed by atoms with Crippen LogP contribution in [0.1, 0.15) is 53.9 Å². The van der Waals surface area contributed by atoms with Gasteiger partial charge in [-0.1, -0.05) is 12.8 Å². The highest BCUT2D eigenvalue weighted by atomic mass is 32.1. The van der Waals surface area contributed by atoms with Gasteiger partial charge in [0.05, 0.1) is 10.6 Å². The fraction of sp³-hybridized carbons (Fsp3) is 0.556. The van der Waals surface area contributed by atoms with E-state index in [0.29, 0.717) is 17.7 Å². The molecule has 0 aromatic carbocycles. The topological polar surface area (TPSA) is 49.0 Å². The molecule has 1 aliphatic heterocycles. The van der Waals surface area contributed by atoms with Crippen LogP contribution in [0.3, 0.4) is 0 Å². The molecule has 2 fully saturated rings. The first-order chi connectivity index (χ1) is 11.2. The van der Waals surface area contributed by atoms with Crippen LogP contribution >= 0.6 is 11.3 Å². The molecule has 2 aliphatic rings. The van der Waals surface area contributed by atoms with Crippen LogP contribution < -0.4 is 0 Å². The fourth-order valence-corrected chi connectivity index (χ4v) is 4.99. The predicted molar refractivity (Wildman–Crippen MR) is 92.7 cm³/mol. The van der Waals surface area contributed by atoms with Gasteiger partial charge in [0.1, 0.15) is 0 Å². The summed E-state index contributed by atoms with van der Waals surface area (Å²) in [6, 6.07) is 6.53. The standard InChI is InChI=1S/C18H23N3OS/c1-12-8-9-17(23-12)14-11-15(20-19-14)18(22)21-10-4-7-16(21)13-5-2-3-6-13/h8-9,11,13,16H,2-7,10H2,1H3,(H,19,20)/t16-/m1/s1. The van der Waals surface area contributed by atoms with Crippen molar-refractivity contribution in [3.05, 3.63) is 28.8 Å². The number of carbonyl (C=O) groups is 1. The van der Waals surface area contributed by atoms with Gasteiger partial charge < -0.3 is 4.90 Å². The van der Waals surface area contributed by atoms with Crippen LogP contribution in [-0.2, 0) is 0 Å². The Labute approximate surface area is 140 Å². The van der Waals surface area contributed by atoms with Crippen molar-refractivity contribution < 1.29 is 4.79 Å². The zero-order valence-electron chi connectivity index (χ0n) is 13.5. The average Bonchev–Trinajstić information content (AvgIpc) is 3.31. The minimum atomic E-state index is 0.107. The number of likely N-dealkylation sites (tertiary alicyclic amines) is 1. The minimum Gasteiger partial charge on any atom is -0.334 e. The number of nitrogens with one attached hydrogen (secondary N) is 1. The Bertz CT molecular complexity index is 699. The molecule has 1 amide bonds. The lowest BCUT2D eigenvalue weighted by Crippen LogP contribution is -2.39. The molecule has 0 radical (unpaired) electrons. The van der Waals surface area contributed by atoms with Crippen molar-refractivity contribution in [2.75, 3.05) is 6.54 Å². The van der Waals surface area contributed by atoms with Gasteiger partial charge in [-0.15, -0.1) is 11.3 Å². The number of hydrogen-bond acceptors (Lipinski definition) is 3. The molecular formula is C18H23N3OS. The van der Waals surface area contributed by atoms with E-state index in [9.17, 15) is 4.79 Å². The monoisotopic (exact) mass is 329 g/mol. The van der Waals surface area contributed by atoms with Crippen molar-refractivity contribution in [2.24, 2.45) is 5.92 Å². The number of amides is 1. The highest BCUT2D eigenvalue weighted by molar-refractivity contribution is 7.15. The van der Waals surface area contributed by atoms with Gasteiger partial charge in [0.15, 0.2) is 5.69 Å².